The lowest BCUT2D eigenvalue weighted by atomic mass is 10.00. The smallest absolute Gasteiger partial charge is 0.143 e. The Morgan fingerprint density at radius 1 is 0.311 bits per heavy atom. The first-order valence-corrected chi connectivity index (χ1v) is 20.8. The number of para-hydroxylation sites is 4. The highest BCUT2D eigenvalue weighted by Crippen LogP contribution is 2.42. The fraction of sp³-hybridized carbons (Fsp3) is 0. The molecule has 12 aromatic rings. The molecule has 0 bridgehead atoms. The summed E-state index contributed by atoms with van der Waals surface area (Å²) in [6.07, 6.45) is 0. The predicted octanol–water partition coefficient (Wildman–Crippen LogP) is 16.3. The third kappa shape index (κ3) is 5.90. The molecule has 10 aromatic carbocycles. The number of anilines is 3. The molecule has 286 valence electrons. The van der Waals surface area contributed by atoms with Crippen LogP contribution in [0.4, 0.5) is 17.1 Å². The third-order valence-corrected chi connectivity index (χ3v) is 12.2. The number of hydrogen-bond acceptors (Lipinski definition) is 2. The molecule has 0 unspecified atom stereocenters. The van der Waals surface area contributed by atoms with Gasteiger partial charge in [-0.15, -0.1) is 0 Å². The van der Waals surface area contributed by atoms with Crippen LogP contribution in [-0.4, -0.2) is 4.57 Å². The maximum atomic E-state index is 6.78. The van der Waals surface area contributed by atoms with E-state index in [0.717, 1.165) is 72.5 Å². The SMILES string of the molecule is c1ccc(-c2cccc3c2oc2c(-c4ccc(N(c5ccc(-c6cccc(-n7c8ccccc8c8ccccc87)c6)cc5)c5ccc6ccccc6c5)cc4)cccc23)cc1. The molecule has 12 rings (SSSR count). The topological polar surface area (TPSA) is 21.3 Å². The molecule has 0 aliphatic carbocycles. The Morgan fingerprint density at radius 2 is 0.803 bits per heavy atom. The summed E-state index contributed by atoms with van der Waals surface area (Å²) in [5.74, 6) is 0. The number of fused-ring (bicyclic) bond motifs is 7. The van der Waals surface area contributed by atoms with Crippen molar-refractivity contribution in [1.82, 2.24) is 4.57 Å². The molecule has 61 heavy (non-hydrogen) atoms. The highest BCUT2D eigenvalue weighted by molar-refractivity contribution is 6.13. The van der Waals surface area contributed by atoms with Crippen LogP contribution in [0.15, 0.2) is 235 Å². The van der Waals surface area contributed by atoms with E-state index < -0.39 is 0 Å². The minimum absolute atomic E-state index is 0.901. The predicted molar refractivity (Wildman–Crippen MR) is 257 cm³/mol. The van der Waals surface area contributed by atoms with Gasteiger partial charge in [0.2, 0.25) is 0 Å². The fourth-order valence-electron chi connectivity index (χ4n) is 9.27. The highest BCUT2D eigenvalue weighted by atomic mass is 16.3. The summed E-state index contributed by atoms with van der Waals surface area (Å²) in [6.45, 7) is 0. The van der Waals surface area contributed by atoms with Crippen molar-refractivity contribution in [2.24, 2.45) is 0 Å². The molecule has 0 saturated carbocycles. The van der Waals surface area contributed by atoms with Gasteiger partial charge in [0, 0.05) is 55.4 Å². The molecule has 3 nitrogen and oxygen atoms in total. The number of benzene rings is 10. The Labute approximate surface area is 353 Å². The second kappa shape index (κ2) is 14.3. The first-order valence-electron chi connectivity index (χ1n) is 20.8. The second-order valence-corrected chi connectivity index (χ2v) is 15.7. The first kappa shape index (κ1) is 34.9. The van der Waals surface area contributed by atoms with Crippen LogP contribution in [-0.2, 0) is 0 Å². The second-order valence-electron chi connectivity index (χ2n) is 15.7. The summed E-state index contributed by atoms with van der Waals surface area (Å²) in [7, 11) is 0. The number of hydrogen-bond donors (Lipinski definition) is 0. The van der Waals surface area contributed by atoms with Gasteiger partial charge in [-0.3, -0.25) is 0 Å². The minimum Gasteiger partial charge on any atom is -0.455 e. The van der Waals surface area contributed by atoms with Gasteiger partial charge in [0.15, 0.2) is 0 Å². The van der Waals surface area contributed by atoms with Gasteiger partial charge >= 0.3 is 0 Å². The van der Waals surface area contributed by atoms with E-state index in [2.05, 4.69) is 234 Å². The summed E-state index contributed by atoms with van der Waals surface area (Å²) in [4.78, 5) is 2.35. The van der Waals surface area contributed by atoms with Crippen LogP contribution in [0.1, 0.15) is 0 Å². The van der Waals surface area contributed by atoms with E-state index in [4.69, 9.17) is 4.42 Å². The Bertz CT molecular complexity index is 3520. The molecular weight excluding hydrogens is 741 g/mol. The largest absolute Gasteiger partial charge is 0.455 e. The monoisotopic (exact) mass is 778 g/mol. The van der Waals surface area contributed by atoms with Crippen molar-refractivity contribution in [2.75, 3.05) is 4.90 Å². The Kier molecular flexibility index (Phi) is 8.17. The van der Waals surface area contributed by atoms with Crippen LogP contribution < -0.4 is 4.90 Å². The van der Waals surface area contributed by atoms with Crippen molar-refractivity contribution in [3.63, 3.8) is 0 Å². The Morgan fingerprint density at radius 3 is 1.46 bits per heavy atom. The molecule has 3 heteroatoms. The highest BCUT2D eigenvalue weighted by Gasteiger charge is 2.18. The normalized spacial score (nSPS) is 11.6. The van der Waals surface area contributed by atoms with E-state index in [1.165, 1.54) is 38.1 Å². The summed E-state index contributed by atoms with van der Waals surface area (Å²) >= 11 is 0. The molecule has 0 amide bonds. The van der Waals surface area contributed by atoms with Crippen LogP contribution in [0.5, 0.6) is 0 Å². The molecule has 2 aromatic heterocycles. The zero-order valence-corrected chi connectivity index (χ0v) is 33.2. The Hall–Kier alpha value is -8.14. The van der Waals surface area contributed by atoms with Gasteiger partial charge in [-0.1, -0.05) is 170 Å². The van der Waals surface area contributed by atoms with E-state index in [1.807, 2.05) is 6.07 Å². The fourth-order valence-corrected chi connectivity index (χ4v) is 9.27. The molecule has 0 N–H and O–H groups in total. The lowest BCUT2D eigenvalue weighted by Crippen LogP contribution is -2.09. The summed E-state index contributed by atoms with van der Waals surface area (Å²) in [5.41, 5.74) is 15.4. The van der Waals surface area contributed by atoms with Crippen LogP contribution >= 0.6 is 0 Å². The summed E-state index contributed by atoms with van der Waals surface area (Å²) in [6, 6.07) is 82.8. The number of rotatable bonds is 7. The van der Waals surface area contributed by atoms with Gasteiger partial charge in [-0.25, -0.2) is 0 Å². The molecule has 0 atom stereocenters. The maximum absolute atomic E-state index is 6.78. The molecular formula is C58H38N2O. The van der Waals surface area contributed by atoms with Crippen LogP contribution in [0.2, 0.25) is 0 Å². The van der Waals surface area contributed by atoms with E-state index in [1.54, 1.807) is 0 Å². The van der Waals surface area contributed by atoms with Gasteiger partial charge in [0.25, 0.3) is 0 Å². The van der Waals surface area contributed by atoms with Crippen molar-refractivity contribution in [3.05, 3.63) is 231 Å². The van der Waals surface area contributed by atoms with Gasteiger partial charge in [0.1, 0.15) is 11.2 Å². The zero-order valence-electron chi connectivity index (χ0n) is 33.2. The van der Waals surface area contributed by atoms with Crippen molar-refractivity contribution < 1.29 is 4.42 Å². The number of aromatic nitrogens is 1. The molecule has 0 spiro atoms. The lowest BCUT2D eigenvalue weighted by Gasteiger charge is -2.26. The molecule has 0 fully saturated rings. The maximum Gasteiger partial charge on any atom is 0.143 e. The number of nitrogens with zero attached hydrogens (tertiary/aromatic N) is 2. The zero-order chi connectivity index (χ0) is 40.3. The molecule has 0 radical (unpaired) electrons. The van der Waals surface area contributed by atoms with Crippen LogP contribution in [0, 0.1) is 0 Å². The summed E-state index contributed by atoms with van der Waals surface area (Å²) < 4.78 is 9.16. The minimum atomic E-state index is 0.901. The van der Waals surface area contributed by atoms with E-state index in [9.17, 15) is 0 Å². The first-order chi connectivity index (χ1) is 30.2. The van der Waals surface area contributed by atoms with E-state index in [0.29, 0.717) is 0 Å². The molecule has 2 heterocycles. The molecule has 0 aliphatic rings. The van der Waals surface area contributed by atoms with E-state index in [-0.39, 0.29) is 0 Å². The quantitative estimate of drug-likeness (QED) is 0.161. The van der Waals surface area contributed by atoms with Crippen molar-refractivity contribution in [3.8, 4) is 39.1 Å². The third-order valence-electron chi connectivity index (χ3n) is 12.2. The van der Waals surface area contributed by atoms with Crippen molar-refractivity contribution >= 4 is 71.6 Å². The molecule has 0 aliphatic heterocycles. The van der Waals surface area contributed by atoms with Crippen LogP contribution in [0.3, 0.4) is 0 Å². The van der Waals surface area contributed by atoms with Crippen molar-refractivity contribution in [2.45, 2.75) is 0 Å². The summed E-state index contributed by atoms with van der Waals surface area (Å²) in [5, 5.41) is 7.19. The van der Waals surface area contributed by atoms with Gasteiger partial charge in [-0.2, -0.15) is 0 Å². The van der Waals surface area contributed by atoms with Gasteiger partial charge < -0.3 is 13.9 Å². The lowest BCUT2D eigenvalue weighted by molar-refractivity contribution is 0.671. The standard InChI is InChI=1S/C58H38N2O/c1-2-14-41(15-3-1)49-21-11-23-53-54-24-12-22-50(58(54)61-57(49)53)42-30-34-46(35-31-42)59(48-36-29-39-13-4-5-16-43(39)38-48)45-32-27-40(28-33-45)44-17-10-18-47(37-44)60-55-25-8-6-19-51(55)52-20-7-9-26-56(52)60/h1-38H. The van der Waals surface area contributed by atoms with Crippen molar-refractivity contribution in [1.29, 1.82) is 0 Å². The average Bonchev–Trinajstić information content (AvgIpc) is 3.89. The van der Waals surface area contributed by atoms with Gasteiger partial charge in [-0.05, 0) is 93.7 Å². The van der Waals surface area contributed by atoms with Crippen LogP contribution in [0.25, 0.3) is 93.6 Å². The number of furan rings is 1. The Balaban J connectivity index is 0.930. The van der Waals surface area contributed by atoms with Gasteiger partial charge in [0.05, 0.1) is 11.0 Å². The molecule has 0 saturated heterocycles. The van der Waals surface area contributed by atoms with E-state index >= 15 is 0 Å². The average molecular weight is 779 g/mol.